The molecule has 0 bridgehead atoms. The molecule has 0 heterocycles. The second-order valence-electron chi connectivity index (χ2n) is 4.91. The van der Waals surface area contributed by atoms with E-state index in [-0.39, 0.29) is 0 Å². The fourth-order valence-corrected chi connectivity index (χ4v) is 2.10. The van der Waals surface area contributed by atoms with Gasteiger partial charge in [-0.1, -0.05) is 49.7 Å². The first-order valence-corrected chi connectivity index (χ1v) is 7.15. The predicted octanol–water partition coefficient (Wildman–Crippen LogP) is 5.47. The average molecular weight is 274 g/mol. The van der Waals surface area contributed by atoms with E-state index in [0.717, 1.165) is 17.3 Å². The van der Waals surface area contributed by atoms with Gasteiger partial charge in [-0.15, -0.1) is 0 Å². The lowest BCUT2D eigenvalue weighted by Crippen LogP contribution is -1.99. The molecule has 2 aromatic rings. The summed E-state index contributed by atoms with van der Waals surface area (Å²) >= 11 is 5.87. The molecule has 0 aromatic heterocycles. The van der Waals surface area contributed by atoms with Crippen molar-refractivity contribution < 1.29 is 0 Å². The van der Waals surface area contributed by atoms with Gasteiger partial charge in [-0.25, -0.2) is 0 Å². The van der Waals surface area contributed by atoms with Gasteiger partial charge in [-0.2, -0.15) is 0 Å². The van der Waals surface area contributed by atoms with Crippen molar-refractivity contribution in [3.8, 4) is 0 Å². The fraction of sp³-hybridized carbons (Fsp3) is 0.294. The van der Waals surface area contributed by atoms with Crippen molar-refractivity contribution >= 4 is 17.3 Å². The van der Waals surface area contributed by atoms with Gasteiger partial charge < -0.3 is 5.32 Å². The summed E-state index contributed by atoms with van der Waals surface area (Å²) < 4.78 is 0. The van der Waals surface area contributed by atoms with Crippen LogP contribution in [0.1, 0.15) is 37.3 Å². The van der Waals surface area contributed by atoms with Gasteiger partial charge in [0.15, 0.2) is 0 Å². The van der Waals surface area contributed by atoms with Crippen molar-refractivity contribution in [2.24, 2.45) is 0 Å². The first kappa shape index (κ1) is 14.0. The molecule has 0 spiro atoms. The molecule has 0 saturated heterocycles. The van der Waals surface area contributed by atoms with Crippen molar-refractivity contribution in [2.75, 3.05) is 5.32 Å². The first-order chi connectivity index (χ1) is 9.19. The molecule has 1 N–H and O–H groups in total. The second kappa shape index (κ2) is 6.63. The Kier molecular flexibility index (Phi) is 4.86. The van der Waals surface area contributed by atoms with E-state index in [2.05, 4.69) is 43.4 Å². The van der Waals surface area contributed by atoms with Crippen LogP contribution in [-0.2, 0) is 6.54 Å². The Morgan fingerprint density at radius 2 is 1.63 bits per heavy atom. The Hall–Kier alpha value is -1.47. The van der Waals surface area contributed by atoms with Crippen LogP contribution in [0, 0.1) is 0 Å². The molecule has 2 heteroatoms. The average Bonchev–Trinajstić information content (AvgIpc) is 2.46. The van der Waals surface area contributed by atoms with Crippen LogP contribution in [0.15, 0.2) is 48.5 Å². The lowest BCUT2D eigenvalue weighted by molar-refractivity contribution is 0.734. The highest BCUT2D eigenvalue weighted by Gasteiger charge is 2.02. The molecule has 0 aliphatic rings. The highest BCUT2D eigenvalue weighted by atomic mass is 35.5. The lowest BCUT2D eigenvalue weighted by atomic mass is 9.99. The maximum atomic E-state index is 5.87. The third kappa shape index (κ3) is 4.00. The zero-order valence-corrected chi connectivity index (χ0v) is 12.2. The Balaban J connectivity index is 1.94. The van der Waals surface area contributed by atoms with Crippen LogP contribution in [0.25, 0.3) is 0 Å². The minimum absolute atomic E-state index is 0.630. The van der Waals surface area contributed by atoms with Gasteiger partial charge in [0, 0.05) is 17.3 Å². The number of anilines is 1. The van der Waals surface area contributed by atoms with Crippen LogP contribution in [0.5, 0.6) is 0 Å². The summed E-state index contributed by atoms with van der Waals surface area (Å²) in [5, 5.41) is 4.20. The summed E-state index contributed by atoms with van der Waals surface area (Å²) in [6.45, 7) is 5.30. The molecule has 0 saturated carbocycles. The van der Waals surface area contributed by atoms with Gasteiger partial charge in [0.2, 0.25) is 0 Å². The monoisotopic (exact) mass is 273 g/mol. The number of rotatable bonds is 5. The quantitative estimate of drug-likeness (QED) is 0.762. The maximum absolute atomic E-state index is 5.87. The highest BCUT2D eigenvalue weighted by Crippen LogP contribution is 2.20. The van der Waals surface area contributed by atoms with E-state index in [1.807, 2.05) is 24.3 Å². The smallest absolute Gasteiger partial charge is 0.0406 e. The molecule has 0 fully saturated rings. The molecule has 2 rings (SSSR count). The van der Waals surface area contributed by atoms with Crippen molar-refractivity contribution in [3.05, 3.63) is 64.7 Å². The van der Waals surface area contributed by atoms with E-state index in [1.165, 1.54) is 17.5 Å². The van der Waals surface area contributed by atoms with Gasteiger partial charge in [0.25, 0.3) is 0 Å². The van der Waals surface area contributed by atoms with Crippen LogP contribution < -0.4 is 5.32 Å². The van der Waals surface area contributed by atoms with Crippen molar-refractivity contribution in [2.45, 2.75) is 32.7 Å². The van der Waals surface area contributed by atoms with Crippen LogP contribution in [0.4, 0.5) is 5.69 Å². The Labute approximate surface area is 120 Å². The zero-order valence-electron chi connectivity index (χ0n) is 11.5. The largest absolute Gasteiger partial charge is 0.381 e. The lowest BCUT2D eigenvalue weighted by Gasteiger charge is -2.11. The summed E-state index contributed by atoms with van der Waals surface area (Å²) in [6, 6.07) is 16.6. The Morgan fingerprint density at radius 1 is 1.00 bits per heavy atom. The predicted molar refractivity (Wildman–Crippen MR) is 83.9 cm³/mol. The molecule has 1 unspecified atom stereocenters. The Morgan fingerprint density at radius 3 is 2.21 bits per heavy atom. The summed E-state index contributed by atoms with van der Waals surface area (Å²) in [5.74, 6) is 0.630. The number of halogens is 1. The SMILES string of the molecule is CCC(C)c1ccc(NCc2ccc(Cl)cc2)cc1. The normalized spacial score (nSPS) is 12.2. The van der Waals surface area contributed by atoms with Gasteiger partial charge in [-0.05, 0) is 47.7 Å². The molecule has 19 heavy (non-hydrogen) atoms. The Bertz CT molecular complexity index is 502. The molecule has 0 aliphatic heterocycles. The van der Waals surface area contributed by atoms with Crippen molar-refractivity contribution in [3.63, 3.8) is 0 Å². The van der Waals surface area contributed by atoms with Crippen LogP contribution in [-0.4, -0.2) is 0 Å². The summed E-state index contributed by atoms with van der Waals surface area (Å²) in [7, 11) is 0. The van der Waals surface area contributed by atoms with Gasteiger partial charge in [0.05, 0.1) is 0 Å². The number of nitrogens with one attached hydrogen (secondary N) is 1. The maximum Gasteiger partial charge on any atom is 0.0406 e. The van der Waals surface area contributed by atoms with E-state index < -0.39 is 0 Å². The van der Waals surface area contributed by atoms with E-state index in [4.69, 9.17) is 11.6 Å². The van der Waals surface area contributed by atoms with Crippen LogP contribution >= 0.6 is 11.6 Å². The van der Waals surface area contributed by atoms with Crippen molar-refractivity contribution in [1.82, 2.24) is 0 Å². The summed E-state index contributed by atoms with van der Waals surface area (Å²) in [5.41, 5.74) is 3.79. The number of hydrogen-bond donors (Lipinski definition) is 1. The topological polar surface area (TPSA) is 12.0 Å². The third-order valence-corrected chi connectivity index (χ3v) is 3.75. The minimum Gasteiger partial charge on any atom is -0.381 e. The first-order valence-electron chi connectivity index (χ1n) is 6.77. The van der Waals surface area contributed by atoms with E-state index in [1.54, 1.807) is 0 Å². The zero-order chi connectivity index (χ0) is 13.7. The van der Waals surface area contributed by atoms with Crippen LogP contribution in [0.2, 0.25) is 5.02 Å². The minimum atomic E-state index is 0.630. The fourth-order valence-electron chi connectivity index (χ4n) is 1.97. The highest BCUT2D eigenvalue weighted by molar-refractivity contribution is 6.30. The molecule has 2 aromatic carbocycles. The standard InChI is InChI=1S/C17H20ClN/c1-3-13(2)15-6-10-17(11-7-15)19-12-14-4-8-16(18)9-5-14/h4-11,13,19H,3,12H2,1-2H3. The van der Waals surface area contributed by atoms with Gasteiger partial charge in [-0.3, -0.25) is 0 Å². The molecule has 1 atom stereocenters. The number of hydrogen-bond acceptors (Lipinski definition) is 1. The molecule has 0 amide bonds. The molecule has 1 nitrogen and oxygen atoms in total. The van der Waals surface area contributed by atoms with E-state index in [9.17, 15) is 0 Å². The van der Waals surface area contributed by atoms with E-state index >= 15 is 0 Å². The van der Waals surface area contributed by atoms with Crippen LogP contribution in [0.3, 0.4) is 0 Å². The van der Waals surface area contributed by atoms with Crippen molar-refractivity contribution in [1.29, 1.82) is 0 Å². The third-order valence-electron chi connectivity index (χ3n) is 3.50. The van der Waals surface area contributed by atoms with Gasteiger partial charge >= 0.3 is 0 Å². The molecule has 100 valence electrons. The van der Waals surface area contributed by atoms with Gasteiger partial charge in [0.1, 0.15) is 0 Å². The molecule has 0 radical (unpaired) electrons. The molecular weight excluding hydrogens is 254 g/mol. The number of benzene rings is 2. The van der Waals surface area contributed by atoms with E-state index in [0.29, 0.717) is 5.92 Å². The summed E-state index contributed by atoms with van der Waals surface area (Å²) in [6.07, 6.45) is 1.18. The molecule has 0 aliphatic carbocycles. The molecular formula is C17H20ClN. The second-order valence-corrected chi connectivity index (χ2v) is 5.35. The summed E-state index contributed by atoms with van der Waals surface area (Å²) in [4.78, 5) is 0.